The number of furan rings is 1. The number of amides is 1. The van der Waals surface area contributed by atoms with Crippen molar-refractivity contribution >= 4 is 27.9 Å². The average Bonchev–Trinajstić information content (AvgIpc) is 3.39. The number of nitrogens with zero attached hydrogens (tertiary/aromatic N) is 2. The lowest BCUT2D eigenvalue weighted by Crippen LogP contribution is -2.42. The van der Waals surface area contributed by atoms with Gasteiger partial charge in [-0.05, 0) is 44.9 Å². The summed E-state index contributed by atoms with van der Waals surface area (Å²) in [7, 11) is 0. The number of carbonyl (C=O) groups is 1. The topological polar surface area (TPSA) is 74.2 Å². The van der Waals surface area contributed by atoms with Crippen LogP contribution in [0.2, 0.25) is 0 Å². The molecule has 0 spiro atoms. The van der Waals surface area contributed by atoms with Gasteiger partial charge in [0, 0.05) is 41.7 Å². The average molecular weight is 447 g/mol. The van der Waals surface area contributed by atoms with Crippen LogP contribution < -0.4 is 5.32 Å². The maximum atomic E-state index is 13.5. The first kappa shape index (κ1) is 21.2. The quantitative estimate of drug-likeness (QED) is 0.413. The molecule has 5 rings (SSSR count). The fourth-order valence-corrected chi connectivity index (χ4v) is 4.67. The Morgan fingerprint density at radius 3 is 2.97 bits per heavy atom. The summed E-state index contributed by atoms with van der Waals surface area (Å²) in [4.78, 5) is 22.5. The molecule has 2 aromatic heterocycles. The Balaban J connectivity index is 1.28. The summed E-state index contributed by atoms with van der Waals surface area (Å²) in [6, 6.07) is 12.4. The van der Waals surface area contributed by atoms with Gasteiger partial charge in [0.05, 0.1) is 17.6 Å². The SMILES string of the molecule is CCN(C(=O)c1nc2cc(F)ccc2[nH]1)[C@H]1CCC=C(NCc2oc3ccccc3c2C)C1. The fraction of sp³-hybridized carbons (Fsp3) is 0.308. The van der Waals surface area contributed by atoms with Gasteiger partial charge in [-0.3, -0.25) is 4.79 Å². The van der Waals surface area contributed by atoms with Crippen LogP contribution in [-0.4, -0.2) is 33.4 Å². The number of halogens is 1. The molecule has 0 bridgehead atoms. The highest BCUT2D eigenvalue weighted by Gasteiger charge is 2.28. The van der Waals surface area contributed by atoms with E-state index < -0.39 is 0 Å². The lowest BCUT2D eigenvalue weighted by molar-refractivity contribution is 0.0663. The number of fused-ring (bicyclic) bond motifs is 2. The zero-order valence-corrected chi connectivity index (χ0v) is 18.8. The van der Waals surface area contributed by atoms with E-state index in [-0.39, 0.29) is 23.6 Å². The van der Waals surface area contributed by atoms with Crippen molar-refractivity contribution in [3.05, 3.63) is 77.2 Å². The zero-order valence-electron chi connectivity index (χ0n) is 18.8. The smallest absolute Gasteiger partial charge is 0.289 e. The normalized spacial score (nSPS) is 16.2. The number of nitrogens with one attached hydrogen (secondary N) is 2. The molecule has 0 saturated carbocycles. The van der Waals surface area contributed by atoms with Crippen LogP contribution in [0.15, 0.2) is 58.7 Å². The van der Waals surface area contributed by atoms with Crippen LogP contribution in [0.1, 0.15) is 48.1 Å². The van der Waals surface area contributed by atoms with Crippen LogP contribution in [0.25, 0.3) is 22.0 Å². The summed E-state index contributed by atoms with van der Waals surface area (Å²) in [5, 5.41) is 4.66. The second-order valence-electron chi connectivity index (χ2n) is 8.50. The Labute approximate surface area is 191 Å². The third-order valence-electron chi connectivity index (χ3n) is 6.45. The van der Waals surface area contributed by atoms with Gasteiger partial charge in [0.25, 0.3) is 5.91 Å². The molecule has 2 N–H and O–H groups in total. The number of aromatic nitrogens is 2. The van der Waals surface area contributed by atoms with Crippen molar-refractivity contribution in [2.24, 2.45) is 0 Å². The van der Waals surface area contributed by atoms with E-state index in [1.165, 1.54) is 12.1 Å². The number of hydrogen-bond donors (Lipinski definition) is 2. The van der Waals surface area contributed by atoms with Gasteiger partial charge < -0.3 is 19.6 Å². The van der Waals surface area contributed by atoms with E-state index in [4.69, 9.17) is 4.42 Å². The maximum Gasteiger partial charge on any atom is 0.289 e. The molecule has 0 aliphatic heterocycles. The fourth-order valence-electron chi connectivity index (χ4n) is 4.67. The van der Waals surface area contributed by atoms with Gasteiger partial charge in [0.1, 0.15) is 17.2 Å². The lowest BCUT2D eigenvalue weighted by atomic mass is 9.97. The van der Waals surface area contributed by atoms with Gasteiger partial charge in [0.2, 0.25) is 0 Å². The Hall–Kier alpha value is -3.61. The molecule has 4 aromatic rings. The number of aromatic amines is 1. The molecule has 0 saturated heterocycles. The van der Waals surface area contributed by atoms with E-state index >= 15 is 0 Å². The van der Waals surface area contributed by atoms with E-state index in [2.05, 4.69) is 34.4 Å². The van der Waals surface area contributed by atoms with Crippen LogP contribution in [0.4, 0.5) is 4.39 Å². The molecule has 6 nitrogen and oxygen atoms in total. The van der Waals surface area contributed by atoms with E-state index in [0.717, 1.165) is 47.3 Å². The molecular weight excluding hydrogens is 419 g/mol. The number of allylic oxidation sites excluding steroid dienone is 1. The summed E-state index contributed by atoms with van der Waals surface area (Å²) < 4.78 is 19.5. The molecule has 2 heterocycles. The first-order chi connectivity index (χ1) is 16.0. The molecule has 33 heavy (non-hydrogen) atoms. The highest BCUT2D eigenvalue weighted by Crippen LogP contribution is 2.27. The van der Waals surface area contributed by atoms with Crippen LogP contribution in [0.5, 0.6) is 0 Å². The molecule has 1 atom stereocenters. The molecule has 0 unspecified atom stereocenters. The molecule has 1 aliphatic rings. The maximum absolute atomic E-state index is 13.5. The molecule has 0 radical (unpaired) electrons. The highest BCUT2D eigenvalue weighted by atomic mass is 19.1. The summed E-state index contributed by atoms with van der Waals surface area (Å²) in [6.45, 7) is 5.24. The molecule has 1 amide bonds. The van der Waals surface area contributed by atoms with Crippen molar-refractivity contribution in [1.82, 2.24) is 20.2 Å². The second kappa shape index (κ2) is 8.73. The van der Waals surface area contributed by atoms with Crippen LogP contribution >= 0.6 is 0 Å². The number of para-hydroxylation sites is 1. The van der Waals surface area contributed by atoms with Crippen molar-refractivity contribution in [3.63, 3.8) is 0 Å². The molecule has 7 heteroatoms. The van der Waals surface area contributed by atoms with E-state index in [1.807, 2.05) is 30.0 Å². The van der Waals surface area contributed by atoms with Crippen LogP contribution in [0, 0.1) is 12.7 Å². The van der Waals surface area contributed by atoms with Gasteiger partial charge in [-0.25, -0.2) is 9.37 Å². The van der Waals surface area contributed by atoms with Gasteiger partial charge in [-0.15, -0.1) is 0 Å². The Morgan fingerprint density at radius 2 is 2.15 bits per heavy atom. The molecule has 2 aromatic carbocycles. The monoisotopic (exact) mass is 446 g/mol. The third-order valence-corrected chi connectivity index (χ3v) is 6.45. The van der Waals surface area contributed by atoms with Gasteiger partial charge in [-0.2, -0.15) is 0 Å². The van der Waals surface area contributed by atoms with E-state index in [9.17, 15) is 9.18 Å². The first-order valence-corrected chi connectivity index (χ1v) is 11.4. The predicted octanol–water partition coefficient (Wildman–Crippen LogP) is 5.44. The summed E-state index contributed by atoms with van der Waals surface area (Å²) in [5.41, 5.74) is 4.28. The summed E-state index contributed by atoms with van der Waals surface area (Å²) in [6.07, 6.45) is 4.73. The number of carbonyl (C=O) groups excluding carboxylic acids is 1. The zero-order chi connectivity index (χ0) is 22.9. The largest absolute Gasteiger partial charge is 0.459 e. The van der Waals surface area contributed by atoms with E-state index in [1.54, 1.807) is 6.07 Å². The van der Waals surface area contributed by atoms with E-state index in [0.29, 0.717) is 24.1 Å². The van der Waals surface area contributed by atoms with Gasteiger partial charge in [0.15, 0.2) is 5.82 Å². The number of hydrogen-bond acceptors (Lipinski definition) is 4. The minimum atomic E-state index is -0.367. The van der Waals surface area contributed by atoms with Gasteiger partial charge in [-0.1, -0.05) is 24.3 Å². The van der Waals surface area contributed by atoms with Crippen molar-refractivity contribution in [3.8, 4) is 0 Å². The number of aryl methyl sites for hydroxylation is 1. The minimum absolute atomic E-state index is 0.0664. The number of rotatable bonds is 6. The molecule has 170 valence electrons. The Kier molecular flexibility index (Phi) is 5.62. The van der Waals surface area contributed by atoms with Crippen LogP contribution in [-0.2, 0) is 6.54 Å². The number of benzene rings is 2. The van der Waals surface area contributed by atoms with Crippen molar-refractivity contribution in [1.29, 1.82) is 0 Å². The van der Waals surface area contributed by atoms with Crippen LogP contribution in [0.3, 0.4) is 0 Å². The molecule has 0 fully saturated rings. The minimum Gasteiger partial charge on any atom is -0.459 e. The van der Waals surface area contributed by atoms with Gasteiger partial charge >= 0.3 is 0 Å². The molecular formula is C26H27FN4O2. The first-order valence-electron chi connectivity index (χ1n) is 11.4. The second-order valence-corrected chi connectivity index (χ2v) is 8.50. The Morgan fingerprint density at radius 1 is 1.30 bits per heavy atom. The summed E-state index contributed by atoms with van der Waals surface area (Å²) >= 11 is 0. The van der Waals surface area contributed by atoms with Crippen molar-refractivity contribution < 1.29 is 13.6 Å². The standard InChI is InChI=1S/C26H27FN4O2/c1-3-31(26(32)25-29-21-12-11-17(27)13-22(21)30-25)19-8-6-7-18(14-19)28-15-24-16(2)20-9-4-5-10-23(20)33-24/h4-5,7,9-13,19,28H,3,6,8,14-15H2,1-2H3,(H,29,30)/t19-/m0/s1. The molecule has 1 aliphatic carbocycles. The lowest BCUT2D eigenvalue weighted by Gasteiger charge is -2.33. The third kappa shape index (κ3) is 4.11. The number of imidazole rings is 1. The number of H-pyrrole nitrogens is 1. The summed E-state index contributed by atoms with van der Waals surface area (Å²) in [5.74, 6) is 0.651. The predicted molar refractivity (Wildman–Crippen MR) is 126 cm³/mol. The Bertz CT molecular complexity index is 1350. The van der Waals surface area contributed by atoms with Crippen molar-refractivity contribution in [2.75, 3.05) is 6.54 Å². The highest BCUT2D eigenvalue weighted by molar-refractivity contribution is 5.94. The van der Waals surface area contributed by atoms with Crippen molar-refractivity contribution in [2.45, 2.75) is 45.7 Å².